The first-order chi connectivity index (χ1) is 6.75. The lowest BCUT2D eigenvalue weighted by molar-refractivity contribution is 0.548. The van der Waals surface area contributed by atoms with Gasteiger partial charge >= 0.3 is 0 Å². The fourth-order valence-corrected chi connectivity index (χ4v) is 2.56. The standard InChI is InChI=1S/C12H14ClF/c13-12-6-2-4-10(12)7-9-3-1-5-11(14)8-9/h1,3,5,8,10,12H,2,4,6-7H2. The molecule has 0 bridgehead atoms. The lowest BCUT2D eigenvalue weighted by Gasteiger charge is -2.13. The van der Waals surface area contributed by atoms with Gasteiger partial charge in [-0.2, -0.15) is 0 Å². The van der Waals surface area contributed by atoms with Crippen LogP contribution in [0.4, 0.5) is 4.39 Å². The van der Waals surface area contributed by atoms with E-state index >= 15 is 0 Å². The Labute approximate surface area is 89.1 Å². The smallest absolute Gasteiger partial charge is 0.123 e. The molecule has 0 aliphatic heterocycles. The maximum Gasteiger partial charge on any atom is 0.123 e. The van der Waals surface area contributed by atoms with Crippen LogP contribution < -0.4 is 0 Å². The third kappa shape index (κ3) is 2.27. The Morgan fingerprint density at radius 1 is 1.36 bits per heavy atom. The zero-order valence-electron chi connectivity index (χ0n) is 8.05. The van der Waals surface area contributed by atoms with Gasteiger partial charge in [-0.15, -0.1) is 11.6 Å². The molecule has 0 N–H and O–H groups in total. The molecule has 1 fully saturated rings. The van der Waals surface area contributed by atoms with Crippen molar-refractivity contribution in [1.82, 2.24) is 0 Å². The summed E-state index contributed by atoms with van der Waals surface area (Å²) in [4.78, 5) is 0. The van der Waals surface area contributed by atoms with Gasteiger partial charge in [0.05, 0.1) is 0 Å². The summed E-state index contributed by atoms with van der Waals surface area (Å²) in [5.41, 5.74) is 1.07. The van der Waals surface area contributed by atoms with E-state index in [0.717, 1.165) is 18.4 Å². The first kappa shape index (κ1) is 9.97. The first-order valence-electron chi connectivity index (χ1n) is 5.14. The minimum atomic E-state index is -0.147. The number of alkyl halides is 1. The molecule has 0 radical (unpaired) electrons. The van der Waals surface area contributed by atoms with Crippen molar-refractivity contribution in [2.24, 2.45) is 5.92 Å². The SMILES string of the molecule is Fc1cccc(CC2CCCC2Cl)c1. The highest BCUT2D eigenvalue weighted by atomic mass is 35.5. The van der Waals surface area contributed by atoms with Crippen molar-refractivity contribution in [1.29, 1.82) is 0 Å². The van der Waals surface area contributed by atoms with E-state index < -0.39 is 0 Å². The summed E-state index contributed by atoms with van der Waals surface area (Å²) in [7, 11) is 0. The second-order valence-corrected chi connectivity index (χ2v) is 4.60. The van der Waals surface area contributed by atoms with Crippen LogP contribution in [0, 0.1) is 11.7 Å². The number of halogens is 2. The molecule has 1 aromatic carbocycles. The van der Waals surface area contributed by atoms with E-state index in [9.17, 15) is 4.39 Å². The van der Waals surface area contributed by atoms with Gasteiger partial charge in [-0.05, 0) is 42.9 Å². The zero-order chi connectivity index (χ0) is 9.97. The van der Waals surface area contributed by atoms with E-state index in [1.54, 1.807) is 12.1 Å². The first-order valence-corrected chi connectivity index (χ1v) is 5.58. The van der Waals surface area contributed by atoms with E-state index in [0.29, 0.717) is 11.3 Å². The molecule has 0 spiro atoms. The zero-order valence-corrected chi connectivity index (χ0v) is 8.80. The van der Waals surface area contributed by atoms with Crippen LogP contribution in [0.15, 0.2) is 24.3 Å². The summed E-state index contributed by atoms with van der Waals surface area (Å²) in [5, 5.41) is 0.290. The molecule has 2 unspecified atom stereocenters. The summed E-state index contributed by atoms with van der Waals surface area (Å²) >= 11 is 6.17. The third-order valence-electron chi connectivity index (χ3n) is 2.95. The maximum absolute atomic E-state index is 12.9. The summed E-state index contributed by atoms with van der Waals surface area (Å²) in [6.45, 7) is 0. The van der Waals surface area contributed by atoms with Gasteiger partial charge in [0.1, 0.15) is 5.82 Å². The van der Waals surface area contributed by atoms with Crippen molar-refractivity contribution in [3.05, 3.63) is 35.6 Å². The summed E-state index contributed by atoms with van der Waals surface area (Å²) in [6, 6.07) is 6.84. The van der Waals surface area contributed by atoms with E-state index in [1.165, 1.54) is 18.9 Å². The maximum atomic E-state index is 12.9. The van der Waals surface area contributed by atoms with Crippen molar-refractivity contribution < 1.29 is 4.39 Å². The Morgan fingerprint density at radius 3 is 2.86 bits per heavy atom. The summed E-state index contributed by atoms with van der Waals surface area (Å²) in [5.74, 6) is 0.394. The fraction of sp³-hybridized carbons (Fsp3) is 0.500. The fourth-order valence-electron chi connectivity index (χ4n) is 2.19. The van der Waals surface area contributed by atoms with Crippen LogP contribution >= 0.6 is 11.6 Å². The van der Waals surface area contributed by atoms with Gasteiger partial charge in [0, 0.05) is 5.38 Å². The highest BCUT2D eigenvalue weighted by Gasteiger charge is 2.25. The lowest BCUT2D eigenvalue weighted by Crippen LogP contribution is -2.10. The minimum absolute atomic E-state index is 0.147. The Balaban J connectivity index is 2.03. The van der Waals surface area contributed by atoms with E-state index in [2.05, 4.69) is 0 Å². The monoisotopic (exact) mass is 212 g/mol. The Morgan fingerprint density at radius 2 is 2.21 bits per heavy atom. The van der Waals surface area contributed by atoms with Gasteiger partial charge < -0.3 is 0 Å². The van der Waals surface area contributed by atoms with E-state index in [-0.39, 0.29) is 5.82 Å². The van der Waals surface area contributed by atoms with Gasteiger partial charge in [0.15, 0.2) is 0 Å². The predicted molar refractivity (Wildman–Crippen MR) is 57.1 cm³/mol. The third-order valence-corrected chi connectivity index (χ3v) is 3.53. The molecule has 0 nitrogen and oxygen atoms in total. The molecule has 0 amide bonds. The van der Waals surface area contributed by atoms with Crippen LogP contribution in [0.25, 0.3) is 0 Å². The van der Waals surface area contributed by atoms with Gasteiger partial charge in [0.2, 0.25) is 0 Å². The molecule has 1 saturated carbocycles. The van der Waals surface area contributed by atoms with Crippen LogP contribution in [0.5, 0.6) is 0 Å². The molecule has 2 atom stereocenters. The van der Waals surface area contributed by atoms with Crippen molar-refractivity contribution in [3.63, 3.8) is 0 Å². The molecule has 14 heavy (non-hydrogen) atoms. The highest BCUT2D eigenvalue weighted by Crippen LogP contribution is 2.32. The lowest BCUT2D eigenvalue weighted by atomic mass is 9.98. The number of hydrogen-bond acceptors (Lipinski definition) is 0. The van der Waals surface area contributed by atoms with Crippen LogP contribution in [0.1, 0.15) is 24.8 Å². The van der Waals surface area contributed by atoms with Crippen molar-refractivity contribution in [3.8, 4) is 0 Å². The second-order valence-electron chi connectivity index (χ2n) is 4.04. The van der Waals surface area contributed by atoms with Crippen molar-refractivity contribution in [2.75, 3.05) is 0 Å². The predicted octanol–water partition coefficient (Wildman–Crippen LogP) is 3.78. The molecular formula is C12H14ClF. The van der Waals surface area contributed by atoms with Crippen LogP contribution in [-0.4, -0.2) is 5.38 Å². The molecule has 2 heteroatoms. The van der Waals surface area contributed by atoms with Crippen molar-refractivity contribution in [2.45, 2.75) is 31.1 Å². The molecule has 0 aromatic heterocycles. The van der Waals surface area contributed by atoms with Gasteiger partial charge in [-0.3, -0.25) is 0 Å². The molecule has 1 aliphatic rings. The Hall–Kier alpha value is -0.560. The minimum Gasteiger partial charge on any atom is -0.207 e. The molecule has 0 saturated heterocycles. The average molecular weight is 213 g/mol. The normalized spacial score (nSPS) is 26.7. The Bertz CT molecular complexity index is 311. The van der Waals surface area contributed by atoms with E-state index in [1.807, 2.05) is 6.07 Å². The van der Waals surface area contributed by atoms with Crippen LogP contribution in [0.2, 0.25) is 0 Å². The molecule has 2 rings (SSSR count). The number of benzene rings is 1. The number of rotatable bonds is 2. The van der Waals surface area contributed by atoms with Crippen LogP contribution in [-0.2, 0) is 6.42 Å². The average Bonchev–Trinajstić information content (AvgIpc) is 2.52. The van der Waals surface area contributed by atoms with Crippen molar-refractivity contribution >= 4 is 11.6 Å². The molecular weight excluding hydrogens is 199 g/mol. The molecule has 1 aliphatic carbocycles. The molecule has 1 aromatic rings. The van der Waals surface area contributed by atoms with Gasteiger partial charge in [0.25, 0.3) is 0 Å². The summed E-state index contributed by atoms with van der Waals surface area (Å²) < 4.78 is 12.9. The quantitative estimate of drug-likeness (QED) is 0.655. The van der Waals surface area contributed by atoms with Crippen LogP contribution in [0.3, 0.4) is 0 Å². The van der Waals surface area contributed by atoms with E-state index in [4.69, 9.17) is 11.6 Å². The summed E-state index contributed by atoms with van der Waals surface area (Å²) in [6.07, 6.45) is 4.44. The topological polar surface area (TPSA) is 0 Å². The molecule has 76 valence electrons. The second kappa shape index (κ2) is 4.31. The van der Waals surface area contributed by atoms with Gasteiger partial charge in [-0.1, -0.05) is 18.6 Å². The number of hydrogen-bond donors (Lipinski definition) is 0. The Kier molecular flexibility index (Phi) is 3.07. The van der Waals surface area contributed by atoms with Gasteiger partial charge in [-0.25, -0.2) is 4.39 Å². The largest absolute Gasteiger partial charge is 0.207 e. The highest BCUT2D eigenvalue weighted by molar-refractivity contribution is 6.20. The molecule has 0 heterocycles.